The van der Waals surface area contributed by atoms with Gasteiger partial charge in [-0.15, -0.1) is 0 Å². The van der Waals surface area contributed by atoms with Gasteiger partial charge < -0.3 is 4.74 Å². The Kier molecular flexibility index (Phi) is 5.89. The van der Waals surface area contributed by atoms with E-state index in [0.29, 0.717) is 0 Å². The maximum Gasteiger partial charge on any atom is 0.123 e. The van der Waals surface area contributed by atoms with E-state index in [-0.39, 0.29) is 11.9 Å². The van der Waals surface area contributed by atoms with E-state index in [4.69, 9.17) is 4.74 Å². The van der Waals surface area contributed by atoms with Gasteiger partial charge in [-0.05, 0) is 36.5 Å². The van der Waals surface area contributed by atoms with Crippen LogP contribution in [0.1, 0.15) is 43.8 Å². The summed E-state index contributed by atoms with van der Waals surface area (Å²) in [6.07, 6.45) is 6.78. The average Bonchev–Trinajstić information content (AvgIpc) is 2.42. The Morgan fingerprint density at radius 3 is 2.44 bits per heavy atom. The number of ether oxygens (including phenoxy) is 1. The summed E-state index contributed by atoms with van der Waals surface area (Å²) >= 11 is 2.34. The number of alkyl halides is 1. The van der Waals surface area contributed by atoms with E-state index in [1.54, 1.807) is 0 Å². The lowest BCUT2D eigenvalue weighted by Crippen LogP contribution is -2.16. The molecule has 0 heterocycles. The van der Waals surface area contributed by atoms with Gasteiger partial charge in [-0.1, -0.05) is 54.0 Å². The number of benzene rings is 1. The normalized spacial score (nSPS) is 18.8. The first-order valence-corrected chi connectivity index (χ1v) is 8.25. The van der Waals surface area contributed by atoms with Gasteiger partial charge in [0.25, 0.3) is 0 Å². The summed E-state index contributed by atoms with van der Waals surface area (Å²) in [6.45, 7) is 0.852. The fraction of sp³-hybridized carbons (Fsp3) is 0.600. The van der Waals surface area contributed by atoms with Crippen LogP contribution in [0, 0.1) is 11.7 Å². The summed E-state index contributed by atoms with van der Waals surface area (Å²) in [7, 11) is 0. The van der Waals surface area contributed by atoms with Crippen LogP contribution in [0.2, 0.25) is 0 Å². The van der Waals surface area contributed by atoms with Gasteiger partial charge in [-0.25, -0.2) is 4.39 Å². The largest absolute Gasteiger partial charge is 0.372 e. The molecule has 18 heavy (non-hydrogen) atoms. The molecule has 1 aliphatic carbocycles. The molecule has 0 amide bonds. The second-order valence-electron chi connectivity index (χ2n) is 5.03. The molecule has 0 aromatic heterocycles. The first kappa shape index (κ1) is 14.3. The Balaban J connectivity index is 1.86. The van der Waals surface area contributed by atoms with Crippen molar-refractivity contribution in [3.8, 4) is 0 Å². The summed E-state index contributed by atoms with van der Waals surface area (Å²) in [4.78, 5) is 0. The molecule has 1 aliphatic rings. The molecule has 3 heteroatoms. The lowest BCUT2D eigenvalue weighted by atomic mass is 9.90. The molecule has 1 unspecified atom stereocenters. The highest BCUT2D eigenvalue weighted by atomic mass is 127. The van der Waals surface area contributed by atoms with Crippen LogP contribution < -0.4 is 0 Å². The van der Waals surface area contributed by atoms with Crippen molar-refractivity contribution in [3.05, 3.63) is 35.6 Å². The van der Waals surface area contributed by atoms with Gasteiger partial charge in [0.15, 0.2) is 0 Å². The summed E-state index contributed by atoms with van der Waals surface area (Å²) in [6, 6.07) is 6.69. The predicted molar refractivity (Wildman–Crippen MR) is 80.6 cm³/mol. The highest BCUT2D eigenvalue weighted by Gasteiger charge is 2.17. The molecule has 0 aliphatic heterocycles. The van der Waals surface area contributed by atoms with Crippen molar-refractivity contribution in [3.63, 3.8) is 0 Å². The maximum atomic E-state index is 12.9. The predicted octanol–water partition coefficient (Wildman–Crippen LogP) is 4.90. The van der Waals surface area contributed by atoms with Crippen LogP contribution in [0.25, 0.3) is 0 Å². The molecular weight excluding hydrogens is 342 g/mol. The lowest BCUT2D eigenvalue weighted by molar-refractivity contribution is 0.0344. The molecule has 1 fully saturated rings. The molecule has 1 nitrogen and oxygen atoms in total. The van der Waals surface area contributed by atoms with Crippen LogP contribution in [-0.2, 0) is 4.74 Å². The zero-order valence-corrected chi connectivity index (χ0v) is 12.7. The first-order chi connectivity index (χ1) is 8.79. The highest BCUT2D eigenvalue weighted by molar-refractivity contribution is 14.1. The van der Waals surface area contributed by atoms with E-state index in [9.17, 15) is 4.39 Å². The first-order valence-electron chi connectivity index (χ1n) is 6.72. The van der Waals surface area contributed by atoms with Crippen LogP contribution in [0.4, 0.5) is 4.39 Å². The van der Waals surface area contributed by atoms with Crippen LogP contribution in [0.5, 0.6) is 0 Å². The van der Waals surface area contributed by atoms with E-state index >= 15 is 0 Å². The van der Waals surface area contributed by atoms with Crippen LogP contribution in [0.15, 0.2) is 24.3 Å². The molecule has 2 rings (SSSR count). The molecule has 100 valence electrons. The fourth-order valence-electron chi connectivity index (χ4n) is 2.51. The molecule has 0 radical (unpaired) electrons. The minimum Gasteiger partial charge on any atom is -0.372 e. The summed E-state index contributed by atoms with van der Waals surface area (Å²) in [5.74, 6) is 0.544. The van der Waals surface area contributed by atoms with Gasteiger partial charge in [0.05, 0.1) is 12.7 Å². The third-order valence-electron chi connectivity index (χ3n) is 3.64. The minimum absolute atomic E-state index is 0.105. The van der Waals surface area contributed by atoms with Gasteiger partial charge in [-0.2, -0.15) is 0 Å². The standard InChI is InChI=1S/C15H20FIO/c16-14-8-6-13(7-9-14)15(10-17)18-11-12-4-2-1-3-5-12/h6-9,12,15H,1-5,10-11H2. The highest BCUT2D eigenvalue weighted by Crippen LogP contribution is 2.27. The smallest absolute Gasteiger partial charge is 0.123 e. The Bertz CT molecular complexity index is 346. The van der Waals surface area contributed by atoms with Gasteiger partial charge in [0.2, 0.25) is 0 Å². The van der Waals surface area contributed by atoms with Crippen molar-refractivity contribution >= 4 is 22.6 Å². The van der Waals surface area contributed by atoms with E-state index in [2.05, 4.69) is 22.6 Å². The van der Waals surface area contributed by atoms with Crippen molar-refractivity contribution in [2.45, 2.75) is 38.2 Å². The van der Waals surface area contributed by atoms with Gasteiger partial charge >= 0.3 is 0 Å². The van der Waals surface area contributed by atoms with E-state index in [1.165, 1.54) is 44.2 Å². The monoisotopic (exact) mass is 362 g/mol. The SMILES string of the molecule is Fc1ccc(C(CI)OCC2CCCCC2)cc1. The van der Waals surface area contributed by atoms with Gasteiger partial charge in [0, 0.05) is 4.43 Å². The van der Waals surface area contributed by atoms with Crippen molar-refractivity contribution < 1.29 is 9.13 Å². The number of rotatable bonds is 5. The third kappa shape index (κ3) is 4.19. The van der Waals surface area contributed by atoms with E-state index < -0.39 is 0 Å². The zero-order valence-electron chi connectivity index (χ0n) is 10.6. The molecular formula is C15H20FIO. The molecule has 0 spiro atoms. The number of hydrogen-bond acceptors (Lipinski definition) is 1. The summed E-state index contributed by atoms with van der Waals surface area (Å²) in [5, 5.41) is 0. The minimum atomic E-state index is -0.182. The zero-order chi connectivity index (χ0) is 12.8. The van der Waals surface area contributed by atoms with E-state index in [0.717, 1.165) is 22.5 Å². The molecule has 1 atom stereocenters. The van der Waals surface area contributed by atoms with Crippen molar-refractivity contribution in [2.75, 3.05) is 11.0 Å². The van der Waals surface area contributed by atoms with Gasteiger partial charge in [0.1, 0.15) is 5.82 Å². The molecule has 0 N–H and O–H groups in total. The third-order valence-corrected chi connectivity index (χ3v) is 4.44. The summed E-state index contributed by atoms with van der Waals surface area (Å²) in [5.41, 5.74) is 1.08. The Morgan fingerprint density at radius 1 is 1.17 bits per heavy atom. The topological polar surface area (TPSA) is 9.23 Å². The van der Waals surface area contributed by atoms with Crippen LogP contribution in [-0.4, -0.2) is 11.0 Å². The summed E-state index contributed by atoms with van der Waals surface area (Å²) < 4.78 is 19.8. The van der Waals surface area contributed by atoms with Crippen molar-refractivity contribution in [2.24, 2.45) is 5.92 Å². The second kappa shape index (κ2) is 7.43. The number of halogens is 2. The average molecular weight is 362 g/mol. The molecule has 1 aromatic rings. The molecule has 0 saturated heterocycles. The van der Waals surface area contributed by atoms with Crippen molar-refractivity contribution in [1.29, 1.82) is 0 Å². The Labute approximate surface area is 122 Å². The van der Waals surface area contributed by atoms with Crippen LogP contribution >= 0.6 is 22.6 Å². The van der Waals surface area contributed by atoms with E-state index in [1.807, 2.05) is 12.1 Å². The molecule has 0 bridgehead atoms. The van der Waals surface area contributed by atoms with Crippen LogP contribution in [0.3, 0.4) is 0 Å². The van der Waals surface area contributed by atoms with Gasteiger partial charge in [-0.3, -0.25) is 0 Å². The lowest BCUT2D eigenvalue weighted by Gasteiger charge is -2.24. The second-order valence-corrected chi connectivity index (χ2v) is 5.91. The quantitative estimate of drug-likeness (QED) is 0.535. The maximum absolute atomic E-state index is 12.9. The van der Waals surface area contributed by atoms with Crippen molar-refractivity contribution in [1.82, 2.24) is 0 Å². The molecule has 1 aromatic carbocycles. The number of hydrogen-bond donors (Lipinski definition) is 0. The molecule has 1 saturated carbocycles. The Morgan fingerprint density at radius 2 is 1.83 bits per heavy atom. The fourth-order valence-corrected chi connectivity index (χ4v) is 3.28. The Hall–Kier alpha value is -0.160.